The highest BCUT2D eigenvalue weighted by Gasteiger charge is 2.21. The molecule has 0 aromatic heterocycles. The zero-order valence-corrected chi connectivity index (χ0v) is 15.2. The van der Waals surface area contributed by atoms with Gasteiger partial charge in [0.2, 0.25) is 12.7 Å². The minimum Gasteiger partial charge on any atom is -0.489 e. The Morgan fingerprint density at radius 2 is 2.08 bits per heavy atom. The van der Waals surface area contributed by atoms with E-state index in [9.17, 15) is 4.79 Å². The molecule has 26 heavy (non-hydrogen) atoms. The van der Waals surface area contributed by atoms with Gasteiger partial charge in [-0.3, -0.25) is 4.79 Å². The summed E-state index contributed by atoms with van der Waals surface area (Å²) < 4.78 is 16.6. The van der Waals surface area contributed by atoms with E-state index in [1.165, 1.54) is 0 Å². The van der Waals surface area contributed by atoms with Crippen LogP contribution >= 0.6 is 0 Å². The smallest absolute Gasteiger partial charge is 0.231 e. The molecule has 0 N–H and O–H groups in total. The number of nitrogens with zero attached hydrogens (tertiary/aromatic N) is 1. The Bertz CT molecular complexity index is 816. The normalized spacial score (nSPS) is 11.9. The number of hydrogen-bond acceptors (Lipinski definition) is 4. The topological polar surface area (TPSA) is 48.0 Å². The van der Waals surface area contributed by atoms with Crippen molar-refractivity contribution in [3.8, 4) is 17.2 Å². The Kier molecular flexibility index (Phi) is 5.46. The molecule has 0 fully saturated rings. The van der Waals surface area contributed by atoms with Crippen molar-refractivity contribution in [2.24, 2.45) is 0 Å². The van der Waals surface area contributed by atoms with E-state index >= 15 is 0 Å². The first-order valence-corrected chi connectivity index (χ1v) is 8.66. The number of amides is 1. The van der Waals surface area contributed by atoms with Crippen molar-refractivity contribution in [1.82, 2.24) is 0 Å². The number of carbonyl (C=O) groups excluding carboxylic acids is 1. The summed E-state index contributed by atoms with van der Waals surface area (Å²) >= 11 is 0. The zero-order valence-electron chi connectivity index (χ0n) is 15.2. The maximum atomic E-state index is 12.7. The number of rotatable bonds is 7. The molecule has 2 aromatic carbocycles. The molecule has 3 rings (SSSR count). The van der Waals surface area contributed by atoms with E-state index in [0.29, 0.717) is 31.1 Å². The monoisotopic (exact) mass is 353 g/mol. The highest BCUT2D eigenvalue weighted by Crippen LogP contribution is 2.36. The number of carbonyl (C=O) groups is 1. The first-order chi connectivity index (χ1) is 12.6. The molecule has 0 aliphatic carbocycles. The van der Waals surface area contributed by atoms with Gasteiger partial charge in [0.25, 0.3) is 0 Å². The van der Waals surface area contributed by atoms with Gasteiger partial charge in [0, 0.05) is 23.7 Å². The molecule has 0 saturated heterocycles. The van der Waals surface area contributed by atoms with E-state index in [1.54, 1.807) is 11.0 Å². The van der Waals surface area contributed by atoms with Crippen LogP contribution in [0.2, 0.25) is 0 Å². The molecule has 1 amide bonds. The molecule has 0 saturated carbocycles. The van der Waals surface area contributed by atoms with Crippen LogP contribution in [0.4, 0.5) is 5.69 Å². The highest BCUT2D eigenvalue weighted by molar-refractivity contribution is 5.93. The van der Waals surface area contributed by atoms with Crippen molar-refractivity contribution in [1.29, 1.82) is 0 Å². The first-order valence-electron chi connectivity index (χ1n) is 8.66. The fourth-order valence-corrected chi connectivity index (χ4v) is 2.89. The lowest BCUT2D eigenvalue weighted by molar-refractivity contribution is -0.118. The van der Waals surface area contributed by atoms with E-state index < -0.39 is 0 Å². The number of aryl methyl sites for hydroxylation is 1. The minimum absolute atomic E-state index is 0.0294. The molecule has 1 heterocycles. The number of hydrogen-bond donors (Lipinski definition) is 0. The van der Waals surface area contributed by atoms with Crippen LogP contribution in [0.15, 0.2) is 49.1 Å². The summed E-state index contributed by atoms with van der Waals surface area (Å²) in [5, 5.41) is 0. The van der Waals surface area contributed by atoms with Gasteiger partial charge in [-0.1, -0.05) is 31.7 Å². The van der Waals surface area contributed by atoms with Crippen LogP contribution in [-0.2, 0) is 11.3 Å². The molecular formula is C21H23NO4. The van der Waals surface area contributed by atoms with E-state index in [2.05, 4.69) is 6.58 Å². The number of fused-ring (bicyclic) bond motifs is 1. The maximum Gasteiger partial charge on any atom is 0.231 e. The van der Waals surface area contributed by atoms with Crippen molar-refractivity contribution in [3.05, 3.63) is 60.2 Å². The van der Waals surface area contributed by atoms with E-state index in [4.69, 9.17) is 14.2 Å². The van der Waals surface area contributed by atoms with Crippen LogP contribution in [-0.4, -0.2) is 19.3 Å². The van der Waals surface area contributed by atoms with Gasteiger partial charge in [0.05, 0.1) is 6.54 Å². The third-order valence-corrected chi connectivity index (χ3v) is 4.31. The van der Waals surface area contributed by atoms with Gasteiger partial charge in [0.1, 0.15) is 12.4 Å². The van der Waals surface area contributed by atoms with Gasteiger partial charge in [-0.25, -0.2) is 0 Å². The van der Waals surface area contributed by atoms with Crippen LogP contribution in [0.1, 0.15) is 24.5 Å². The molecular weight excluding hydrogens is 330 g/mol. The molecule has 0 bridgehead atoms. The Morgan fingerprint density at radius 1 is 1.27 bits per heavy atom. The molecule has 136 valence electrons. The molecule has 1 aliphatic rings. The average Bonchev–Trinajstić information content (AvgIpc) is 3.12. The second kappa shape index (κ2) is 7.95. The first kappa shape index (κ1) is 17.9. The van der Waals surface area contributed by atoms with Gasteiger partial charge in [-0.15, -0.1) is 0 Å². The summed E-state index contributed by atoms with van der Waals surface area (Å²) in [7, 11) is 0. The Morgan fingerprint density at radius 3 is 2.85 bits per heavy atom. The summed E-state index contributed by atoms with van der Waals surface area (Å²) in [6.45, 7) is 8.62. The number of ether oxygens (including phenoxy) is 3. The van der Waals surface area contributed by atoms with E-state index in [-0.39, 0.29) is 12.7 Å². The third-order valence-electron chi connectivity index (χ3n) is 4.31. The summed E-state index contributed by atoms with van der Waals surface area (Å²) in [6, 6.07) is 11.4. The molecule has 0 atom stereocenters. The van der Waals surface area contributed by atoms with Crippen molar-refractivity contribution in [2.45, 2.75) is 26.8 Å². The van der Waals surface area contributed by atoms with Gasteiger partial charge >= 0.3 is 0 Å². The SMILES string of the molecule is C=CCOc1cccc(C)c1CN(C(=O)CC)c1ccc2c(c1)OCO2. The third kappa shape index (κ3) is 3.67. The van der Waals surface area contributed by atoms with Crippen LogP contribution in [0.3, 0.4) is 0 Å². The Labute approximate surface area is 153 Å². The van der Waals surface area contributed by atoms with Crippen molar-refractivity contribution >= 4 is 11.6 Å². The highest BCUT2D eigenvalue weighted by atomic mass is 16.7. The lowest BCUT2D eigenvalue weighted by Crippen LogP contribution is -2.30. The second-order valence-corrected chi connectivity index (χ2v) is 6.02. The molecule has 0 spiro atoms. The number of benzene rings is 2. The van der Waals surface area contributed by atoms with Crippen molar-refractivity contribution < 1.29 is 19.0 Å². The summed E-state index contributed by atoms with van der Waals surface area (Å²) in [6.07, 6.45) is 2.11. The molecule has 2 aromatic rings. The predicted molar refractivity (Wildman–Crippen MR) is 101 cm³/mol. The zero-order chi connectivity index (χ0) is 18.5. The van der Waals surface area contributed by atoms with E-state index in [1.807, 2.05) is 50.2 Å². The quantitative estimate of drug-likeness (QED) is 0.699. The van der Waals surface area contributed by atoms with Gasteiger partial charge < -0.3 is 19.1 Å². The Hall–Kier alpha value is -2.95. The van der Waals surface area contributed by atoms with Crippen LogP contribution in [0, 0.1) is 6.92 Å². The molecule has 5 nitrogen and oxygen atoms in total. The molecule has 0 unspecified atom stereocenters. The lowest BCUT2D eigenvalue weighted by Gasteiger charge is -2.25. The molecule has 5 heteroatoms. The lowest BCUT2D eigenvalue weighted by atomic mass is 10.1. The fraction of sp³-hybridized carbons (Fsp3) is 0.286. The van der Waals surface area contributed by atoms with Gasteiger partial charge in [-0.2, -0.15) is 0 Å². The van der Waals surface area contributed by atoms with Gasteiger partial charge in [0.15, 0.2) is 11.5 Å². The van der Waals surface area contributed by atoms with Crippen molar-refractivity contribution in [3.63, 3.8) is 0 Å². The standard InChI is InChI=1S/C21H23NO4/c1-4-11-24-18-8-6-7-15(3)17(18)13-22(21(23)5-2)16-9-10-19-20(12-16)26-14-25-19/h4,6-10,12H,1,5,11,13-14H2,2-3H3. The molecule has 0 radical (unpaired) electrons. The average molecular weight is 353 g/mol. The number of anilines is 1. The summed E-state index contributed by atoms with van der Waals surface area (Å²) in [5.74, 6) is 2.15. The second-order valence-electron chi connectivity index (χ2n) is 6.02. The Balaban J connectivity index is 1.95. The van der Waals surface area contributed by atoms with Gasteiger partial charge in [-0.05, 0) is 30.7 Å². The van der Waals surface area contributed by atoms with Crippen LogP contribution in [0.5, 0.6) is 17.2 Å². The maximum absolute atomic E-state index is 12.7. The van der Waals surface area contributed by atoms with Crippen LogP contribution < -0.4 is 19.1 Å². The fourth-order valence-electron chi connectivity index (χ4n) is 2.89. The minimum atomic E-state index is 0.0294. The van der Waals surface area contributed by atoms with Crippen molar-refractivity contribution in [2.75, 3.05) is 18.3 Å². The predicted octanol–water partition coefficient (Wildman–Crippen LogP) is 4.23. The van der Waals surface area contributed by atoms with E-state index in [0.717, 1.165) is 22.6 Å². The largest absolute Gasteiger partial charge is 0.489 e. The van der Waals surface area contributed by atoms with Crippen LogP contribution in [0.25, 0.3) is 0 Å². The molecule has 1 aliphatic heterocycles. The summed E-state index contributed by atoms with van der Waals surface area (Å²) in [4.78, 5) is 14.4. The summed E-state index contributed by atoms with van der Waals surface area (Å²) in [5.41, 5.74) is 2.83.